The number of aromatic carboxylic acids is 1. The molecule has 23 heavy (non-hydrogen) atoms. The normalized spacial score (nSPS) is 18.7. The van der Waals surface area contributed by atoms with Gasteiger partial charge < -0.3 is 15.7 Å². The molecule has 3 rings (SSSR count). The number of aromatic nitrogens is 1. The first-order valence-corrected chi connectivity index (χ1v) is 7.60. The Kier molecular flexibility index (Phi) is 3.89. The van der Waals surface area contributed by atoms with Gasteiger partial charge in [0, 0.05) is 13.1 Å². The van der Waals surface area contributed by atoms with E-state index in [1.54, 1.807) is 12.1 Å². The molecule has 1 spiro atoms. The van der Waals surface area contributed by atoms with Crippen molar-refractivity contribution < 1.29 is 19.5 Å². The number of imide groups is 1. The molecule has 0 unspecified atom stereocenters. The van der Waals surface area contributed by atoms with Gasteiger partial charge in [0.25, 0.3) is 5.91 Å². The molecule has 3 N–H and O–H groups in total. The minimum Gasteiger partial charge on any atom is -0.477 e. The molecule has 1 aromatic heterocycles. The second kappa shape index (κ2) is 5.86. The summed E-state index contributed by atoms with van der Waals surface area (Å²) in [4.78, 5) is 40.2. The summed E-state index contributed by atoms with van der Waals surface area (Å²) in [5, 5.41) is 14.7. The third kappa shape index (κ3) is 2.84. The zero-order chi connectivity index (χ0) is 16.4. The molecule has 1 saturated carbocycles. The lowest BCUT2D eigenvalue weighted by Gasteiger charge is -2.34. The molecule has 0 radical (unpaired) electrons. The molecule has 0 atom stereocenters. The lowest BCUT2D eigenvalue weighted by molar-refractivity contribution is -0.134. The average molecular weight is 318 g/mol. The molecular formula is C15H18N4O4. The molecule has 8 heteroatoms. The Morgan fingerprint density at radius 2 is 2.17 bits per heavy atom. The van der Waals surface area contributed by atoms with Gasteiger partial charge >= 0.3 is 12.0 Å². The van der Waals surface area contributed by atoms with Crippen LogP contribution in [0.25, 0.3) is 0 Å². The minimum absolute atomic E-state index is 0.0315. The van der Waals surface area contributed by atoms with E-state index in [1.165, 1.54) is 11.0 Å². The van der Waals surface area contributed by atoms with E-state index in [0.717, 1.165) is 19.3 Å². The van der Waals surface area contributed by atoms with Crippen LogP contribution in [0.1, 0.15) is 36.2 Å². The number of nitrogens with one attached hydrogen (secondary N) is 2. The third-order valence-electron chi connectivity index (χ3n) is 4.29. The summed E-state index contributed by atoms with van der Waals surface area (Å²) in [6.07, 6.45) is 2.97. The summed E-state index contributed by atoms with van der Waals surface area (Å²) in [6, 6.07) is 4.37. The first-order valence-electron chi connectivity index (χ1n) is 7.60. The van der Waals surface area contributed by atoms with Crippen molar-refractivity contribution in [2.24, 2.45) is 0 Å². The van der Waals surface area contributed by atoms with Gasteiger partial charge in [-0.25, -0.2) is 14.6 Å². The lowest BCUT2D eigenvalue weighted by Crippen LogP contribution is -2.52. The third-order valence-corrected chi connectivity index (χ3v) is 4.29. The minimum atomic E-state index is -1.08. The van der Waals surface area contributed by atoms with Crippen LogP contribution in [0.4, 0.5) is 10.6 Å². The highest BCUT2D eigenvalue weighted by atomic mass is 16.4. The van der Waals surface area contributed by atoms with E-state index in [1.807, 2.05) is 0 Å². The van der Waals surface area contributed by atoms with E-state index >= 15 is 0 Å². The average Bonchev–Trinajstić information content (AvgIpc) is 2.75. The summed E-state index contributed by atoms with van der Waals surface area (Å²) >= 11 is 0. The summed E-state index contributed by atoms with van der Waals surface area (Å²) in [7, 11) is 0. The zero-order valence-electron chi connectivity index (χ0n) is 12.5. The molecule has 0 bridgehead atoms. The maximum Gasteiger partial charge on any atom is 0.354 e. The van der Waals surface area contributed by atoms with Crippen molar-refractivity contribution in [3.8, 4) is 0 Å². The topological polar surface area (TPSA) is 112 Å². The predicted octanol–water partition coefficient (Wildman–Crippen LogP) is 1.06. The molecule has 2 heterocycles. The van der Waals surface area contributed by atoms with Gasteiger partial charge in [0.15, 0.2) is 5.69 Å². The van der Waals surface area contributed by atoms with Gasteiger partial charge in [0.1, 0.15) is 11.4 Å². The van der Waals surface area contributed by atoms with Crippen LogP contribution in [0.2, 0.25) is 0 Å². The number of carbonyl (C=O) groups is 3. The maximum atomic E-state index is 12.2. The molecule has 3 amide bonds. The smallest absolute Gasteiger partial charge is 0.354 e. The molecule has 2 fully saturated rings. The zero-order valence-corrected chi connectivity index (χ0v) is 12.5. The van der Waals surface area contributed by atoms with Gasteiger partial charge in [-0.3, -0.25) is 9.69 Å². The van der Waals surface area contributed by atoms with Crippen molar-refractivity contribution in [1.82, 2.24) is 15.2 Å². The van der Waals surface area contributed by atoms with Crippen molar-refractivity contribution in [3.05, 3.63) is 23.9 Å². The maximum absolute atomic E-state index is 12.2. The number of rotatable bonds is 6. The van der Waals surface area contributed by atoms with Gasteiger partial charge in [-0.15, -0.1) is 0 Å². The highest BCUT2D eigenvalue weighted by Gasteiger charge is 2.54. The highest BCUT2D eigenvalue weighted by Crippen LogP contribution is 2.37. The second-order valence-corrected chi connectivity index (χ2v) is 5.82. The number of anilines is 1. The molecule has 2 aliphatic rings. The van der Waals surface area contributed by atoms with Crippen LogP contribution in [0, 0.1) is 0 Å². The van der Waals surface area contributed by atoms with Crippen LogP contribution in [0.5, 0.6) is 0 Å². The fraction of sp³-hybridized carbons (Fsp3) is 0.467. The number of amides is 3. The fourth-order valence-corrected chi connectivity index (χ4v) is 2.85. The van der Waals surface area contributed by atoms with Crippen molar-refractivity contribution >= 4 is 23.7 Å². The van der Waals surface area contributed by atoms with E-state index in [0.29, 0.717) is 25.3 Å². The SMILES string of the molecule is O=C(O)c1cccc(NCCCN2C(=O)NC3(CCC3)C2=O)n1. The van der Waals surface area contributed by atoms with E-state index in [2.05, 4.69) is 15.6 Å². The Hall–Kier alpha value is -2.64. The Morgan fingerprint density at radius 3 is 2.78 bits per heavy atom. The quantitative estimate of drug-likeness (QED) is 0.534. The first kappa shape index (κ1) is 15.3. The number of carboxylic acid groups (broad SMARTS) is 1. The number of carbonyl (C=O) groups excluding carboxylic acids is 2. The van der Waals surface area contributed by atoms with E-state index in [-0.39, 0.29) is 17.6 Å². The second-order valence-electron chi connectivity index (χ2n) is 5.82. The first-order chi connectivity index (χ1) is 11.0. The number of urea groups is 1. The van der Waals surface area contributed by atoms with Crippen LogP contribution in [-0.4, -0.2) is 51.5 Å². The number of carboxylic acids is 1. The molecule has 1 aliphatic heterocycles. The summed E-state index contributed by atoms with van der Waals surface area (Å²) in [5.74, 6) is -0.754. The number of nitrogens with zero attached hydrogens (tertiary/aromatic N) is 2. The van der Waals surface area contributed by atoms with Crippen LogP contribution in [-0.2, 0) is 4.79 Å². The van der Waals surface area contributed by atoms with Crippen LogP contribution in [0.15, 0.2) is 18.2 Å². The summed E-state index contributed by atoms with van der Waals surface area (Å²) in [5.41, 5.74) is -0.668. The van der Waals surface area contributed by atoms with Crippen molar-refractivity contribution in [2.75, 3.05) is 18.4 Å². The molecule has 1 aliphatic carbocycles. The van der Waals surface area contributed by atoms with E-state index < -0.39 is 11.5 Å². The standard InChI is InChI=1S/C15H18N4O4/c20-12(21)10-4-1-5-11(17-10)16-8-3-9-19-13(22)15(6-2-7-15)18-14(19)23/h1,4-5H,2-3,6-9H2,(H,16,17)(H,18,23)(H,20,21). The van der Waals surface area contributed by atoms with Crippen molar-refractivity contribution in [2.45, 2.75) is 31.2 Å². The molecule has 0 aromatic carbocycles. The number of hydrogen-bond donors (Lipinski definition) is 3. The monoisotopic (exact) mass is 318 g/mol. The van der Waals surface area contributed by atoms with Gasteiger partial charge in [0.05, 0.1) is 0 Å². The summed E-state index contributed by atoms with van der Waals surface area (Å²) in [6.45, 7) is 0.818. The highest BCUT2D eigenvalue weighted by molar-refractivity contribution is 6.07. The van der Waals surface area contributed by atoms with Gasteiger partial charge in [0.2, 0.25) is 0 Å². The number of pyridine rings is 1. The molecule has 1 saturated heterocycles. The van der Waals surface area contributed by atoms with Gasteiger partial charge in [-0.2, -0.15) is 0 Å². The van der Waals surface area contributed by atoms with Gasteiger partial charge in [-0.1, -0.05) is 6.07 Å². The Balaban J connectivity index is 1.48. The van der Waals surface area contributed by atoms with Crippen LogP contribution >= 0.6 is 0 Å². The lowest BCUT2D eigenvalue weighted by atomic mass is 9.77. The Morgan fingerprint density at radius 1 is 1.39 bits per heavy atom. The Bertz CT molecular complexity index is 657. The molecule has 8 nitrogen and oxygen atoms in total. The Labute approximate surface area is 132 Å². The number of hydrogen-bond acceptors (Lipinski definition) is 5. The molecular weight excluding hydrogens is 300 g/mol. The van der Waals surface area contributed by atoms with Crippen LogP contribution < -0.4 is 10.6 Å². The molecule has 1 aromatic rings. The van der Waals surface area contributed by atoms with E-state index in [9.17, 15) is 14.4 Å². The van der Waals surface area contributed by atoms with Crippen LogP contribution in [0.3, 0.4) is 0 Å². The largest absolute Gasteiger partial charge is 0.477 e. The van der Waals surface area contributed by atoms with Crippen molar-refractivity contribution in [1.29, 1.82) is 0 Å². The molecule has 122 valence electrons. The summed E-state index contributed by atoms with van der Waals surface area (Å²) < 4.78 is 0. The fourth-order valence-electron chi connectivity index (χ4n) is 2.85. The van der Waals surface area contributed by atoms with Gasteiger partial charge in [-0.05, 0) is 37.8 Å². The van der Waals surface area contributed by atoms with E-state index in [4.69, 9.17) is 5.11 Å². The predicted molar refractivity (Wildman–Crippen MR) is 81.1 cm³/mol. The van der Waals surface area contributed by atoms with Crippen molar-refractivity contribution in [3.63, 3.8) is 0 Å².